The highest BCUT2D eigenvalue weighted by Gasteiger charge is 2.05. The lowest BCUT2D eigenvalue weighted by Crippen LogP contribution is -2.09. The van der Waals surface area contributed by atoms with Crippen molar-refractivity contribution in [3.8, 4) is 5.75 Å². The van der Waals surface area contributed by atoms with Crippen LogP contribution < -0.4 is 4.74 Å². The summed E-state index contributed by atoms with van der Waals surface area (Å²) in [6.07, 6.45) is 0. The molecule has 0 radical (unpaired) electrons. The van der Waals surface area contributed by atoms with Crippen LogP contribution >= 0.6 is 24.2 Å². The number of rotatable bonds is 6. The molecule has 0 fully saturated rings. The van der Waals surface area contributed by atoms with Crippen molar-refractivity contribution in [2.75, 3.05) is 25.6 Å². The van der Waals surface area contributed by atoms with Crippen LogP contribution in [0.2, 0.25) is 5.02 Å². The molecule has 1 rings (SSSR count). The van der Waals surface area contributed by atoms with Gasteiger partial charge < -0.3 is 9.47 Å². The SMILES string of the molecule is Cc1cc(Cl)cc(C)c1OCCOCCS. The Labute approximate surface area is 107 Å². The Hall–Kier alpha value is -0.380. The molecule has 0 N–H and O–H groups in total. The summed E-state index contributed by atoms with van der Waals surface area (Å²) < 4.78 is 10.9. The first-order valence-electron chi connectivity index (χ1n) is 5.23. The molecule has 0 saturated heterocycles. The molecule has 0 atom stereocenters. The van der Waals surface area contributed by atoms with E-state index in [4.69, 9.17) is 21.1 Å². The molecule has 1 aromatic carbocycles. The fourth-order valence-corrected chi connectivity index (χ4v) is 1.95. The van der Waals surface area contributed by atoms with Crippen molar-refractivity contribution in [2.45, 2.75) is 13.8 Å². The highest BCUT2D eigenvalue weighted by molar-refractivity contribution is 7.80. The molecule has 0 bridgehead atoms. The van der Waals surface area contributed by atoms with Gasteiger partial charge in [-0.05, 0) is 37.1 Å². The summed E-state index contributed by atoms with van der Waals surface area (Å²) in [7, 11) is 0. The third-order valence-corrected chi connectivity index (χ3v) is 2.54. The summed E-state index contributed by atoms with van der Waals surface area (Å²) >= 11 is 9.99. The van der Waals surface area contributed by atoms with Gasteiger partial charge in [0.1, 0.15) is 12.4 Å². The summed E-state index contributed by atoms with van der Waals surface area (Å²) in [4.78, 5) is 0. The van der Waals surface area contributed by atoms with Crippen LogP contribution in [-0.4, -0.2) is 25.6 Å². The van der Waals surface area contributed by atoms with Gasteiger partial charge in [0, 0.05) is 10.8 Å². The van der Waals surface area contributed by atoms with Gasteiger partial charge in [0.2, 0.25) is 0 Å². The average molecular weight is 261 g/mol. The molecule has 0 unspecified atom stereocenters. The second kappa shape index (κ2) is 7.05. The number of aryl methyl sites for hydroxylation is 2. The molecule has 2 nitrogen and oxygen atoms in total. The molecule has 0 heterocycles. The van der Waals surface area contributed by atoms with Crippen LogP contribution in [0.4, 0.5) is 0 Å². The van der Waals surface area contributed by atoms with Crippen LogP contribution in [0.25, 0.3) is 0 Å². The normalized spacial score (nSPS) is 10.5. The van der Waals surface area contributed by atoms with Crippen molar-refractivity contribution >= 4 is 24.2 Å². The van der Waals surface area contributed by atoms with Gasteiger partial charge in [0.05, 0.1) is 13.2 Å². The average Bonchev–Trinajstić information content (AvgIpc) is 2.20. The van der Waals surface area contributed by atoms with E-state index in [1.807, 2.05) is 26.0 Å². The van der Waals surface area contributed by atoms with E-state index in [1.165, 1.54) is 0 Å². The van der Waals surface area contributed by atoms with Gasteiger partial charge >= 0.3 is 0 Å². The second-order valence-corrected chi connectivity index (χ2v) is 4.44. The number of ether oxygens (including phenoxy) is 2. The molecule has 0 amide bonds. The van der Waals surface area contributed by atoms with Crippen LogP contribution in [0.3, 0.4) is 0 Å². The molecule has 0 aromatic heterocycles. The van der Waals surface area contributed by atoms with Crippen molar-refractivity contribution in [1.29, 1.82) is 0 Å². The lowest BCUT2D eigenvalue weighted by molar-refractivity contribution is 0.111. The number of hydrogen-bond donors (Lipinski definition) is 1. The molecule has 0 aliphatic carbocycles. The second-order valence-electron chi connectivity index (χ2n) is 3.55. The molecule has 0 saturated carbocycles. The van der Waals surface area contributed by atoms with Crippen LogP contribution in [0.5, 0.6) is 5.75 Å². The fourth-order valence-electron chi connectivity index (χ4n) is 1.49. The minimum atomic E-state index is 0.553. The van der Waals surface area contributed by atoms with E-state index in [1.54, 1.807) is 0 Å². The van der Waals surface area contributed by atoms with E-state index in [0.29, 0.717) is 19.8 Å². The van der Waals surface area contributed by atoms with Gasteiger partial charge in [0.15, 0.2) is 0 Å². The van der Waals surface area contributed by atoms with Crippen molar-refractivity contribution in [2.24, 2.45) is 0 Å². The van der Waals surface area contributed by atoms with E-state index < -0.39 is 0 Å². The number of halogens is 1. The Morgan fingerprint density at radius 3 is 2.31 bits per heavy atom. The zero-order valence-corrected chi connectivity index (χ0v) is 11.3. The molecular formula is C12H17ClO2S. The van der Waals surface area contributed by atoms with E-state index >= 15 is 0 Å². The predicted molar refractivity (Wildman–Crippen MR) is 71.1 cm³/mol. The molecule has 1 aromatic rings. The lowest BCUT2D eigenvalue weighted by atomic mass is 10.1. The van der Waals surface area contributed by atoms with Crippen LogP contribution in [0.1, 0.15) is 11.1 Å². The lowest BCUT2D eigenvalue weighted by Gasteiger charge is -2.12. The van der Waals surface area contributed by atoms with Gasteiger partial charge in [-0.25, -0.2) is 0 Å². The maximum Gasteiger partial charge on any atom is 0.125 e. The maximum absolute atomic E-state index is 5.94. The van der Waals surface area contributed by atoms with Crippen molar-refractivity contribution in [3.05, 3.63) is 28.3 Å². The standard InChI is InChI=1S/C12H17ClO2S/c1-9-7-11(13)8-10(2)12(9)15-4-3-14-5-6-16/h7-8,16H,3-6H2,1-2H3. The number of hydrogen-bond acceptors (Lipinski definition) is 3. The topological polar surface area (TPSA) is 18.5 Å². The van der Waals surface area contributed by atoms with Gasteiger partial charge in [0.25, 0.3) is 0 Å². The van der Waals surface area contributed by atoms with Gasteiger partial charge in [-0.3, -0.25) is 0 Å². The predicted octanol–water partition coefficient (Wildman–Crippen LogP) is 3.28. The molecule has 0 aliphatic rings. The smallest absolute Gasteiger partial charge is 0.125 e. The molecular weight excluding hydrogens is 244 g/mol. The maximum atomic E-state index is 5.94. The monoisotopic (exact) mass is 260 g/mol. The highest BCUT2D eigenvalue weighted by Crippen LogP contribution is 2.26. The van der Waals surface area contributed by atoms with Crippen LogP contribution in [0.15, 0.2) is 12.1 Å². The van der Waals surface area contributed by atoms with Crippen molar-refractivity contribution < 1.29 is 9.47 Å². The summed E-state index contributed by atoms with van der Waals surface area (Å²) in [6.45, 7) is 5.77. The summed E-state index contributed by atoms with van der Waals surface area (Å²) in [5.41, 5.74) is 2.11. The largest absolute Gasteiger partial charge is 0.491 e. The number of benzene rings is 1. The zero-order valence-electron chi connectivity index (χ0n) is 9.62. The third kappa shape index (κ3) is 4.24. The van der Waals surface area contributed by atoms with E-state index in [0.717, 1.165) is 27.7 Å². The van der Waals surface area contributed by atoms with Gasteiger partial charge in [-0.15, -0.1) is 0 Å². The summed E-state index contributed by atoms with van der Waals surface area (Å²) in [5, 5.41) is 0.744. The summed E-state index contributed by atoms with van der Waals surface area (Å²) in [6, 6.07) is 3.80. The number of thiol groups is 1. The molecule has 16 heavy (non-hydrogen) atoms. The summed E-state index contributed by atoms with van der Waals surface area (Å²) in [5.74, 6) is 1.64. The molecule has 0 aliphatic heterocycles. The van der Waals surface area contributed by atoms with Gasteiger partial charge in [-0.1, -0.05) is 11.6 Å². The van der Waals surface area contributed by atoms with E-state index in [9.17, 15) is 0 Å². The third-order valence-electron chi connectivity index (χ3n) is 2.13. The van der Waals surface area contributed by atoms with Gasteiger partial charge in [-0.2, -0.15) is 12.6 Å². The van der Waals surface area contributed by atoms with Crippen molar-refractivity contribution in [1.82, 2.24) is 0 Å². The van der Waals surface area contributed by atoms with Crippen molar-refractivity contribution in [3.63, 3.8) is 0 Å². The first kappa shape index (κ1) is 13.7. The molecule has 4 heteroatoms. The fraction of sp³-hybridized carbons (Fsp3) is 0.500. The Balaban J connectivity index is 2.47. The quantitative estimate of drug-likeness (QED) is 0.625. The first-order chi connectivity index (χ1) is 7.65. The zero-order chi connectivity index (χ0) is 12.0. The molecule has 0 spiro atoms. The minimum absolute atomic E-state index is 0.553. The van der Waals surface area contributed by atoms with Crippen LogP contribution in [0, 0.1) is 13.8 Å². The Morgan fingerprint density at radius 1 is 1.12 bits per heavy atom. The Morgan fingerprint density at radius 2 is 1.75 bits per heavy atom. The highest BCUT2D eigenvalue weighted by atomic mass is 35.5. The minimum Gasteiger partial charge on any atom is -0.491 e. The van der Waals surface area contributed by atoms with E-state index in [2.05, 4.69) is 12.6 Å². The Kier molecular flexibility index (Phi) is 6.03. The first-order valence-corrected chi connectivity index (χ1v) is 6.24. The van der Waals surface area contributed by atoms with Crippen LogP contribution in [-0.2, 0) is 4.74 Å². The van der Waals surface area contributed by atoms with E-state index in [-0.39, 0.29) is 0 Å². The molecule has 90 valence electrons. The Bertz CT molecular complexity index is 319.